The van der Waals surface area contributed by atoms with Crippen molar-refractivity contribution in [2.75, 3.05) is 19.6 Å². The Hall–Kier alpha value is -2.43. The Bertz CT molecular complexity index is 882. The first-order valence-electron chi connectivity index (χ1n) is 11.4. The molecule has 3 aromatic rings. The van der Waals surface area contributed by atoms with E-state index in [1.165, 1.54) is 5.69 Å². The van der Waals surface area contributed by atoms with E-state index in [1.807, 2.05) is 0 Å². The molecule has 4 nitrogen and oxygen atoms in total. The molecule has 0 saturated carbocycles. The third-order valence-electron chi connectivity index (χ3n) is 5.73. The third-order valence-corrected chi connectivity index (χ3v) is 5.73. The van der Waals surface area contributed by atoms with Crippen LogP contribution in [0.3, 0.4) is 0 Å². The van der Waals surface area contributed by atoms with Crippen molar-refractivity contribution >= 4 is 0 Å². The van der Waals surface area contributed by atoms with Crippen molar-refractivity contribution in [1.82, 2.24) is 14.5 Å². The van der Waals surface area contributed by atoms with Crippen LogP contribution in [0.5, 0.6) is 0 Å². The largest absolute Gasteiger partial charge is 0.327 e. The van der Waals surface area contributed by atoms with Crippen LogP contribution in [0, 0.1) is 0 Å². The lowest BCUT2D eigenvalue weighted by molar-refractivity contribution is 0.281. The van der Waals surface area contributed by atoms with E-state index in [0.29, 0.717) is 0 Å². The molecule has 30 heavy (non-hydrogen) atoms. The molecule has 0 amide bonds. The maximum absolute atomic E-state index is 6.67. The number of rotatable bonds is 11. The Morgan fingerprint density at radius 1 is 0.900 bits per heavy atom. The molecule has 0 bridgehead atoms. The van der Waals surface area contributed by atoms with Crippen molar-refractivity contribution in [2.24, 2.45) is 5.73 Å². The van der Waals surface area contributed by atoms with Gasteiger partial charge in [0, 0.05) is 42.4 Å². The summed E-state index contributed by atoms with van der Waals surface area (Å²) in [6.07, 6.45) is 3.10. The number of aromatic nitrogens is 2. The molecule has 0 spiro atoms. The maximum Gasteiger partial charge on any atom is 0.140 e. The summed E-state index contributed by atoms with van der Waals surface area (Å²) in [5.74, 6) is 1.05. The molecule has 0 fully saturated rings. The zero-order valence-electron chi connectivity index (χ0n) is 18.7. The summed E-state index contributed by atoms with van der Waals surface area (Å²) in [6, 6.07) is 21.1. The van der Waals surface area contributed by atoms with E-state index in [9.17, 15) is 0 Å². The molecule has 0 aliphatic rings. The summed E-state index contributed by atoms with van der Waals surface area (Å²) in [5, 5.41) is 0. The fraction of sp³-hybridized carbons (Fsp3) is 0.423. The number of nitrogens with two attached hydrogens (primary N) is 1. The number of hydrogen-bond acceptors (Lipinski definition) is 3. The summed E-state index contributed by atoms with van der Waals surface area (Å²) in [7, 11) is 0. The van der Waals surface area contributed by atoms with Gasteiger partial charge in [-0.1, -0.05) is 87.9 Å². The van der Waals surface area contributed by atoms with Crippen LogP contribution >= 0.6 is 0 Å². The highest BCUT2D eigenvalue weighted by Crippen LogP contribution is 2.30. The van der Waals surface area contributed by atoms with Crippen LogP contribution in [-0.4, -0.2) is 40.1 Å². The molecule has 1 heterocycles. The zero-order valence-corrected chi connectivity index (χ0v) is 18.7. The Morgan fingerprint density at radius 3 is 2.07 bits per heavy atom. The molecule has 1 unspecified atom stereocenters. The van der Waals surface area contributed by atoms with Crippen molar-refractivity contribution in [3.05, 3.63) is 66.4 Å². The summed E-state index contributed by atoms with van der Waals surface area (Å²) in [5.41, 5.74) is 11.3. The molecule has 4 heteroatoms. The second-order valence-electron chi connectivity index (χ2n) is 7.92. The Balaban J connectivity index is 2.07. The number of benzene rings is 2. The molecular weight excluding hydrogens is 368 g/mol. The smallest absolute Gasteiger partial charge is 0.140 e. The number of hydrogen-bond donors (Lipinski definition) is 1. The van der Waals surface area contributed by atoms with Gasteiger partial charge in [-0.25, -0.2) is 4.98 Å². The van der Waals surface area contributed by atoms with Gasteiger partial charge >= 0.3 is 0 Å². The van der Waals surface area contributed by atoms with Crippen molar-refractivity contribution in [1.29, 1.82) is 0 Å². The summed E-state index contributed by atoms with van der Waals surface area (Å²) >= 11 is 0. The van der Waals surface area contributed by atoms with Crippen LogP contribution in [0.15, 0.2) is 60.7 Å². The van der Waals surface area contributed by atoms with Crippen molar-refractivity contribution in [3.8, 4) is 22.6 Å². The molecule has 1 aromatic heterocycles. The van der Waals surface area contributed by atoms with Gasteiger partial charge in [-0.05, 0) is 19.5 Å². The van der Waals surface area contributed by atoms with E-state index in [-0.39, 0.29) is 6.04 Å². The Morgan fingerprint density at radius 2 is 1.50 bits per heavy atom. The molecule has 2 N–H and O–H groups in total. The Labute approximate surface area is 181 Å². The number of imidazole rings is 1. The summed E-state index contributed by atoms with van der Waals surface area (Å²) < 4.78 is 2.42. The minimum Gasteiger partial charge on any atom is -0.327 e. The molecule has 0 radical (unpaired) electrons. The summed E-state index contributed by atoms with van der Waals surface area (Å²) in [6.45, 7) is 10.6. The fourth-order valence-electron chi connectivity index (χ4n) is 4.01. The van der Waals surface area contributed by atoms with Crippen molar-refractivity contribution in [2.45, 2.75) is 52.6 Å². The average Bonchev–Trinajstić information content (AvgIpc) is 3.15. The lowest BCUT2D eigenvalue weighted by Gasteiger charge is -2.23. The van der Waals surface area contributed by atoms with Crippen LogP contribution in [0.25, 0.3) is 22.6 Å². The molecular formula is C26H36N4. The zero-order chi connectivity index (χ0) is 21.3. The molecule has 160 valence electrons. The molecule has 2 aromatic carbocycles. The van der Waals surface area contributed by atoms with Gasteiger partial charge in [0.25, 0.3) is 0 Å². The van der Waals surface area contributed by atoms with Gasteiger partial charge in [0.2, 0.25) is 0 Å². The number of likely N-dealkylation sites (N-methyl/N-ethyl adjacent to an activating group) is 1. The molecule has 0 aliphatic carbocycles. The Kier molecular flexibility index (Phi) is 8.23. The quantitative estimate of drug-likeness (QED) is 0.476. The van der Waals surface area contributed by atoms with Gasteiger partial charge in [-0.3, -0.25) is 0 Å². The molecule has 3 rings (SSSR count). The van der Waals surface area contributed by atoms with E-state index < -0.39 is 0 Å². The van der Waals surface area contributed by atoms with Gasteiger partial charge in [0.15, 0.2) is 0 Å². The standard InChI is InChI=1S/C26H36N4/c1-4-7-18-30-24(19-23(27)20-29(5-2)6-3)25(21-14-10-8-11-15-21)28-26(30)22-16-12-9-13-17-22/h8-17,23H,4-7,18-20,27H2,1-3H3. The lowest BCUT2D eigenvalue weighted by atomic mass is 10.0. The van der Waals surface area contributed by atoms with Crippen molar-refractivity contribution < 1.29 is 0 Å². The number of unbranched alkanes of at least 4 members (excludes halogenated alkanes) is 1. The SMILES string of the molecule is CCCCn1c(-c2ccccc2)nc(-c2ccccc2)c1CC(N)CN(CC)CC. The van der Waals surface area contributed by atoms with E-state index in [0.717, 1.165) is 68.1 Å². The van der Waals surface area contributed by atoms with Crippen LogP contribution in [0.2, 0.25) is 0 Å². The highest BCUT2D eigenvalue weighted by atomic mass is 15.1. The molecule has 0 aliphatic heterocycles. The van der Waals surface area contributed by atoms with Crippen LogP contribution in [-0.2, 0) is 13.0 Å². The minimum absolute atomic E-state index is 0.0769. The first-order valence-corrected chi connectivity index (χ1v) is 11.4. The van der Waals surface area contributed by atoms with Gasteiger partial charge in [0.05, 0.1) is 5.69 Å². The second-order valence-corrected chi connectivity index (χ2v) is 7.92. The summed E-state index contributed by atoms with van der Waals surface area (Å²) in [4.78, 5) is 7.57. The van der Waals surface area contributed by atoms with E-state index in [4.69, 9.17) is 10.7 Å². The van der Waals surface area contributed by atoms with Crippen LogP contribution < -0.4 is 5.73 Å². The molecule has 1 atom stereocenters. The van der Waals surface area contributed by atoms with Crippen molar-refractivity contribution in [3.63, 3.8) is 0 Å². The first kappa shape index (κ1) is 22.3. The minimum atomic E-state index is 0.0769. The second kappa shape index (κ2) is 11.1. The normalized spacial score (nSPS) is 12.4. The van der Waals surface area contributed by atoms with Gasteiger partial charge < -0.3 is 15.2 Å². The van der Waals surface area contributed by atoms with Gasteiger partial charge in [0.1, 0.15) is 5.82 Å². The van der Waals surface area contributed by atoms with Gasteiger partial charge in [-0.15, -0.1) is 0 Å². The topological polar surface area (TPSA) is 47.1 Å². The lowest BCUT2D eigenvalue weighted by Crippen LogP contribution is -2.39. The van der Waals surface area contributed by atoms with Gasteiger partial charge in [-0.2, -0.15) is 0 Å². The highest BCUT2D eigenvalue weighted by Gasteiger charge is 2.21. The fourth-order valence-corrected chi connectivity index (χ4v) is 4.01. The predicted octanol–water partition coefficient (Wildman–Crippen LogP) is 5.23. The highest BCUT2D eigenvalue weighted by molar-refractivity contribution is 5.68. The van der Waals surface area contributed by atoms with E-state index in [1.54, 1.807) is 0 Å². The maximum atomic E-state index is 6.67. The number of nitrogens with zero attached hydrogens (tertiary/aromatic N) is 3. The first-order chi connectivity index (χ1) is 14.7. The monoisotopic (exact) mass is 404 g/mol. The molecule has 0 saturated heterocycles. The average molecular weight is 405 g/mol. The predicted molar refractivity (Wildman–Crippen MR) is 127 cm³/mol. The van der Waals surface area contributed by atoms with Crippen LogP contribution in [0.4, 0.5) is 0 Å². The van der Waals surface area contributed by atoms with E-state index >= 15 is 0 Å². The van der Waals surface area contributed by atoms with Crippen LogP contribution in [0.1, 0.15) is 39.3 Å². The third kappa shape index (κ3) is 5.38. The van der Waals surface area contributed by atoms with E-state index in [2.05, 4.69) is 90.9 Å².